The van der Waals surface area contributed by atoms with Crippen LogP contribution in [0, 0.1) is 0 Å². The van der Waals surface area contributed by atoms with E-state index in [4.69, 9.17) is 29.9 Å². The molecule has 11 aromatic rings. The maximum absolute atomic E-state index is 5.59. The van der Waals surface area contributed by atoms with Crippen LogP contribution in [0.5, 0.6) is 0 Å². The molecular formula is C60H38N8. The van der Waals surface area contributed by atoms with E-state index in [1.807, 2.05) is 24.3 Å². The lowest BCUT2D eigenvalue weighted by Crippen LogP contribution is -2.23. The molecule has 0 amide bonds. The minimum absolute atomic E-state index is 0.127. The van der Waals surface area contributed by atoms with Crippen LogP contribution in [0.2, 0.25) is 0 Å². The third kappa shape index (κ3) is 5.73. The molecule has 8 nitrogen and oxygen atoms in total. The monoisotopic (exact) mass is 870 g/mol. The molecule has 0 aliphatic carbocycles. The maximum atomic E-state index is 5.59. The van der Waals surface area contributed by atoms with Gasteiger partial charge in [-0.25, -0.2) is 19.9 Å². The van der Waals surface area contributed by atoms with E-state index in [-0.39, 0.29) is 23.9 Å². The first-order chi connectivity index (χ1) is 33.6. The second-order valence-corrected chi connectivity index (χ2v) is 18.3. The van der Waals surface area contributed by atoms with Gasteiger partial charge in [0.25, 0.3) is 0 Å². The fraction of sp³-hybridized carbons (Fsp3) is 0.0667. The van der Waals surface area contributed by atoms with Crippen LogP contribution in [0.25, 0.3) is 102 Å². The first kappa shape index (κ1) is 37.4. The van der Waals surface area contributed by atoms with Crippen molar-refractivity contribution in [3.63, 3.8) is 0 Å². The summed E-state index contributed by atoms with van der Waals surface area (Å²) in [5.41, 5.74) is 17.6. The molecule has 16 bridgehead atoms. The molecule has 6 aromatic heterocycles. The largest absolute Gasteiger partial charge is 0.357 e. The highest BCUT2D eigenvalue weighted by molar-refractivity contribution is 5.95. The van der Waals surface area contributed by atoms with Crippen LogP contribution in [0.3, 0.4) is 0 Å². The number of nitrogens with one attached hydrogen (secondary N) is 2. The third-order valence-electron chi connectivity index (χ3n) is 14.4. The van der Waals surface area contributed by atoms with Gasteiger partial charge in [0.2, 0.25) is 0 Å². The van der Waals surface area contributed by atoms with E-state index >= 15 is 0 Å². The van der Waals surface area contributed by atoms with Gasteiger partial charge >= 0.3 is 0 Å². The predicted octanol–water partition coefficient (Wildman–Crippen LogP) is 10.1. The van der Waals surface area contributed by atoms with Gasteiger partial charge in [-0.1, -0.05) is 121 Å². The Balaban J connectivity index is 0.923. The number of hydrogen-bond donors (Lipinski definition) is 2. The van der Waals surface area contributed by atoms with E-state index in [0.717, 1.165) is 133 Å². The highest BCUT2D eigenvalue weighted by Crippen LogP contribution is 2.40. The predicted molar refractivity (Wildman–Crippen MR) is 269 cm³/mol. The lowest BCUT2D eigenvalue weighted by atomic mass is 9.84. The van der Waals surface area contributed by atoms with Crippen LogP contribution >= 0.6 is 0 Å². The van der Waals surface area contributed by atoms with Crippen molar-refractivity contribution in [3.8, 4) is 67.8 Å². The van der Waals surface area contributed by atoms with Crippen LogP contribution in [-0.4, -0.2) is 42.0 Å². The molecule has 0 saturated carbocycles. The second-order valence-electron chi connectivity index (χ2n) is 18.3. The zero-order valence-electron chi connectivity index (χ0n) is 36.5. The van der Waals surface area contributed by atoms with Crippen LogP contribution in [0.1, 0.15) is 34.4 Å². The van der Waals surface area contributed by atoms with Crippen LogP contribution in [0.4, 0.5) is 0 Å². The Kier molecular flexibility index (Phi) is 7.86. The summed E-state index contributed by atoms with van der Waals surface area (Å²) in [6.07, 6.45) is 4.67. The molecular weight excluding hydrogens is 833 g/mol. The summed E-state index contributed by atoms with van der Waals surface area (Å²) in [4.78, 5) is 39.8. The summed E-state index contributed by atoms with van der Waals surface area (Å²) in [6, 6.07) is 64.1. The van der Waals surface area contributed by atoms with Crippen molar-refractivity contribution < 1.29 is 0 Å². The average molecular weight is 871 g/mol. The number of rotatable bonds is 2. The summed E-state index contributed by atoms with van der Waals surface area (Å²) < 4.78 is 0. The molecule has 15 rings (SSSR count). The molecule has 0 spiro atoms. The Morgan fingerprint density at radius 1 is 0.324 bits per heavy atom. The molecule has 68 heavy (non-hydrogen) atoms. The number of fused-ring (bicyclic) bond motifs is 18. The molecule has 4 unspecified atom stereocenters. The normalized spacial score (nSPS) is 17.9. The van der Waals surface area contributed by atoms with E-state index in [1.165, 1.54) is 0 Å². The maximum Gasteiger partial charge on any atom is 0.0893 e. The van der Waals surface area contributed by atoms with Gasteiger partial charge in [0.05, 0.1) is 91.2 Å². The van der Waals surface area contributed by atoms with E-state index in [2.05, 4.69) is 180 Å². The molecule has 0 radical (unpaired) electrons. The SMILES string of the molecule is C1=c2cccc3c2=NC1C(c1ccc(C2c4cc5cccc(c5[nH]4)-c4cccc(n4)-c4cccc(n4)-c4cccc5c4=NC2C=5)cc1)c1cc2cccc(c2[nH]1)-c1cccc(n1)-c1cccc-3n1. The standard InChI is InChI=1S/C60H38N8/c1-9-35-29-51-55(52-30-36-10-2-14-40(58(36)66-52)44-18-6-22-48(62-44)47-21-5-17-43(61-47)39(13-1)57(35)65-51)33-25-27-34(28-26-33)56-53-31-37-11-3-15-41(59(37)67-53)45-19-7-23-49(63-45)50-24-8-20-46(64-50)42-16-4-12-38-32-54(56)68-60(38)42/h1-32,51,53,55-56,66,68H. The number of aromatic amines is 2. The number of nitrogens with zero attached hydrogens (tertiary/aromatic N) is 6. The van der Waals surface area contributed by atoms with Gasteiger partial charge in [0, 0.05) is 44.4 Å². The lowest BCUT2D eigenvalue weighted by molar-refractivity contribution is 0.698. The quantitative estimate of drug-likeness (QED) is 0.180. The smallest absolute Gasteiger partial charge is 0.0893 e. The summed E-state index contributed by atoms with van der Waals surface area (Å²) in [7, 11) is 0. The molecule has 4 atom stereocenters. The van der Waals surface area contributed by atoms with Crippen molar-refractivity contribution >= 4 is 34.0 Å². The fourth-order valence-electron chi connectivity index (χ4n) is 11.2. The van der Waals surface area contributed by atoms with Crippen molar-refractivity contribution in [2.24, 2.45) is 9.98 Å². The van der Waals surface area contributed by atoms with Gasteiger partial charge in [0.15, 0.2) is 0 Å². The number of H-pyrrole nitrogens is 2. The van der Waals surface area contributed by atoms with Crippen LogP contribution in [-0.2, 0) is 0 Å². The Morgan fingerprint density at radius 2 is 0.662 bits per heavy atom. The first-order valence-electron chi connectivity index (χ1n) is 23.2. The molecule has 5 aromatic carbocycles. The van der Waals surface area contributed by atoms with Gasteiger partial charge in [-0.15, -0.1) is 0 Å². The fourth-order valence-corrected chi connectivity index (χ4v) is 11.2. The molecule has 0 fully saturated rings. The van der Waals surface area contributed by atoms with Gasteiger partial charge in [-0.3, -0.25) is 9.98 Å². The molecule has 318 valence electrons. The molecule has 4 aliphatic heterocycles. The number of hydrogen-bond acceptors (Lipinski definition) is 6. The molecule has 10 heterocycles. The topological polar surface area (TPSA) is 108 Å². The van der Waals surface area contributed by atoms with Crippen molar-refractivity contribution in [2.45, 2.75) is 23.9 Å². The highest BCUT2D eigenvalue weighted by atomic mass is 14.9. The van der Waals surface area contributed by atoms with Crippen molar-refractivity contribution in [1.29, 1.82) is 0 Å². The number of aromatic nitrogens is 6. The summed E-state index contributed by atoms with van der Waals surface area (Å²) in [5, 5.41) is 6.41. The van der Waals surface area contributed by atoms with E-state index in [9.17, 15) is 0 Å². The van der Waals surface area contributed by atoms with Gasteiger partial charge in [-0.2, -0.15) is 0 Å². The van der Waals surface area contributed by atoms with Gasteiger partial charge in [-0.05, 0) is 94.4 Å². The minimum atomic E-state index is -0.183. The zero-order chi connectivity index (χ0) is 44.5. The zero-order valence-corrected chi connectivity index (χ0v) is 36.5. The summed E-state index contributed by atoms with van der Waals surface area (Å²) in [6.45, 7) is 0. The second kappa shape index (κ2) is 14.3. The summed E-state index contributed by atoms with van der Waals surface area (Å²) >= 11 is 0. The highest BCUT2D eigenvalue weighted by Gasteiger charge is 2.32. The average Bonchev–Trinajstić information content (AvgIpc) is 4.21. The first-order valence-corrected chi connectivity index (χ1v) is 23.2. The minimum Gasteiger partial charge on any atom is -0.357 e. The molecule has 8 heteroatoms. The van der Waals surface area contributed by atoms with Crippen molar-refractivity contribution in [2.75, 3.05) is 0 Å². The van der Waals surface area contributed by atoms with Gasteiger partial charge < -0.3 is 9.97 Å². The Morgan fingerprint density at radius 3 is 1.07 bits per heavy atom. The number of pyridine rings is 4. The van der Waals surface area contributed by atoms with E-state index in [0.29, 0.717) is 0 Å². The van der Waals surface area contributed by atoms with Crippen molar-refractivity contribution in [3.05, 3.63) is 226 Å². The molecule has 0 saturated heterocycles. The number of benzene rings is 5. The van der Waals surface area contributed by atoms with E-state index in [1.54, 1.807) is 0 Å². The van der Waals surface area contributed by atoms with Crippen LogP contribution in [0.15, 0.2) is 192 Å². The van der Waals surface area contributed by atoms with Crippen LogP contribution < -0.4 is 21.2 Å². The van der Waals surface area contributed by atoms with Crippen molar-refractivity contribution in [1.82, 2.24) is 29.9 Å². The van der Waals surface area contributed by atoms with Gasteiger partial charge in [0.1, 0.15) is 0 Å². The summed E-state index contributed by atoms with van der Waals surface area (Å²) in [5.74, 6) is -0.254. The number of para-hydroxylation sites is 4. The molecule has 2 N–H and O–H groups in total. The Labute approximate surface area is 389 Å². The van der Waals surface area contributed by atoms with E-state index < -0.39 is 0 Å². The Bertz CT molecular complexity index is 3930. The Hall–Kier alpha value is -8.88. The molecule has 4 aliphatic rings. The third-order valence-corrected chi connectivity index (χ3v) is 14.4. The lowest BCUT2D eigenvalue weighted by Gasteiger charge is -2.23.